The lowest BCUT2D eigenvalue weighted by atomic mass is 9.81. The van der Waals surface area contributed by atoms with Gasteiger partial charge in [0.25, 0.3) is 0 Å². The molecule has 1 aliphatic carbocycles. The fourth-order valence-corrected chi connectivity index (χ4v) is 2.88. The Morgan fingerprint density at radius 1 is 1.37 bits per heavy atom. The van der Waals surface area contributed by atoms with Gasteiger partial charge in [-0.2, -0.15) is 0 Å². The Hall–Kier alpha value is -1.12. The summed E-state index contributed by atoms with van der Waals surface area (Å²) in [6, 6.07) is 10.2. The lowest BCUT2D eigenvalue weighted by Gasteiger charge is -2.31. The molecule has 19 heavy (non-hydrogen) atoms. The normalized spacial score (nSPS) is 27.2. The van der Waals surface area contributed by atoms with E-state index >= 15 is 0 Å². The predicted molar refractivity (Wildman–Crippen MR) is 77.8 cm³/mol. The summed E-state index contributed by atoms with van der Waals surface area (Å²) in [5, 5.41) is 10.2. The number of aliphatic hydroxyl groups is 1. The number of hydrogen-bond acceptors (Lipinski definition) is 2. The SMILES string of the molecule is C/C=C/C[C@]1(COCc2ccccc2)CCC[C@@H]1O. The Labute approximate surface area is 116 Å². The van der Waals surface area contributed by atoms with Gasteiger partial charge in [-0.15, -0.1) is 0 Å². The van der Waals surface area contributed by atoms with Gasteiger partial charge in [0.05, 0.1) is 19.3 Å². The van der Waals surface area contributed by atoms with Crippen LogP contribution in [0.5, 0.6) is 0 Å². The molecule has 0 aromatic heterocycles. The van der Waals surface area contributed by atoms with Gasteiger partial charge in [-0.1, -0.05) is 48.9 Å². The molecule has 104 valence electrons. The van der Waals surface area contributed by atoms with Crippen LogP contribution in [0.15, 0.2) is 42.5 Å². The highest BCUT2D eigenvalue weighted by molar-refractivity contribution is 5.13. The third-order valence-electron chi connectivity index (χ3n) is 4.12. The van der Waals surface area contributed by atoms with Gasteiger partial charge in [0.15, 0.2) is 0 Å². The Balaban J connectivity index is 1.90. The molecule has 0 unspecified atom stereocenters. The van der Waals surface area contributed by atoms with Crippen LogP contribution in [0.4, 0.5) is 0 Å². The standard InChI is InChI=1S/C17H24O2/c1-2-3-11-17(12-7-10-16(17)18)14-19-13-15-8-5-4-6-9-15/h2-6,8-9,16,18H,7,10-14H2,1H3/b3-2+/t16-,17+/m0/s1. The van der Waals surface area contributed by atoms with Crippen LogP contribution < -0.4 is 0 Å². The van der Waals surface area contributed by atoms with Gasteiger partial charge in [0.1, 0.15) is 0 Å². The zero-order valence-corrected chi connectivity index (χ0v) is 11.7. The Morgan fingerprint density at radius 3 is 2.79 bits per heavy atom. The molecule has 1 N–H and O–H groups in total. The maximum Gasteiger partial charge on any atom is 0.0717 e. The first kappa shape index (κ1) is 14.3. The minimum absolute atomic E-state index is 0.0682. The molecular formula is C17H24O2. The molecule has 0 aliphatic heterocycles. The lowest BCUT2D eigenvalue weighted by Crippen LogP contribution is -2.34. The first-order chi connectivity index (χ1) is 9.27. The van der Waals surface area contributed by atoms with Crippen LogP contribution in [-0.2, 0) is 11.3 Å². The molecule has 0 spiro atoms. The van der Waals surface area contributed by atoms with Gasteiger partial charge in [-0.05, 0) is 31.7 Å². The average molecular weight is 260 g/mol. The van der Waals surface area contributed by atoms with Crippen molar-refractivity contribution in [3.63, 3.8) is 0 Å². The summed E-state index contributed by atoms with van der Waals surface area (Å²) in [5.74, 6) is 0. The highest BCUT2D eigenvalue weighted by atomic mass is 16.5. The second-order valence-corrected chi connectivity index (χ2v) is 5.52. The Morgan fingerprint density at radius 2 is 2.16 bits per heavy atom. The third-order valence-corrected chi connectivity index (χ3v) is 4.12. The molecule has 0 saturated heterocycles. The zero-order valence-electron chi connectivity index (χ0n) is 11.7. The van der Waals surface area contributed by atoms with Crippen LogP contribution in [0.2, 0.25) is 0 Å². The monoisotopic (exact) mass is 260 g/mol. The average Bonchev–Trinajstić information content (AvgIpc) is 2.80. The van der Waals surface area contributed by atoms with E-state index in [1.807, 2.05) is 25.1 Å². The molecule has 2 rings (SSSR count). The van der Waals surface area contributed by atoms with Crippen molar-refractivity contribution >= 4 is 0 Å². The predicted octanol–water partition coefficient (Wildman–Crippen LogP) is 3.70. The van der Waals surface area contributed by atoms with Gasteiger partial charge >= 0.3 is 0 Å². The molecule has 0 radical (unpaired) electrons. The van der Waals surface area contributed by atoms with Crippen LogP contribution in [-0.4, -0.2) is 17.8 Å². The molecule has 0 bridgehead atoms. The minimum Gasteiger partial charge on any atom is -0.392 e. The van der Waals surface area contributed by atoms with Gasteiger partial charge in [-0.3, -0.25) is 0 Å². The number of benzene rings is 1. The van der Waals surface area contributed by atoms with Crippen LogP contribution in [0, 0.1) is 5.41 Å². The Bertz CT molecular complexity index is 399. The summed E-state index contributed by atoms with van der Waals surface area (Å²) >= 11 is 0. The van der Waals surface area contributed by atoms with Crippen molar-refractivity contribution in [1.82, 2.24) is 0 Å². The first-order valence-electron chi connectivity index (χ1n) is 7.18. The van der Waals surface area contributed by atoms with Crippen molar-refractivity contribution in [1.29, 1.82) is 0 Å². The quantitative estimate of drug-likeness (QED) is 0.790. The highest BCUT2D eigenvalue weighted by Crippen LogP contribution is 2.42. The van der Waals surface area contributed by atoms with E-state index in [2.05, 4.69) is 24.3 Å². The lowest BCUT2D eigenvalue weighted by molar-refractivity contribution is -0.0303. The smallest absolute Gasteiger partial charge is 0.0717 e. The summed E-state index contributed by atoms with van der Waals surface area (Å²) in [7, 11) is 0. The molecule has 1 saturated carbocycles. The number of allylic oxidation sites excluding steroid dienone is 2. The first-order valence-corrected chi connectivity index (χ1v) is 7.18. The Kier molecular flexibility index (Phi) is 5.17. The summed E-state index contributed by atoms with van der Waals surface area (Å²) in [4.78, 5) is 0. The number of aliphatic hydroxyl groups excluding tert-OH is 1. The van der Waals surface area contributed by atoms with E-state index in [1.54, 1.807) is 0 Å². The molecule has 1 aliphatic rings. The summed E-state index contributed by atoms with van der Waals surface area (Å²) < 4.78 is 5.88. The van der Waals surface area contributed by atoms with Gasteiger partial charge < -0.3 is 9.84 Å². The zero-order chi connectivity index (χ0) is 13.6. The molecule has 2 heteroatoms. The van der Waals surface area contributed by atoms with Gasteiger partial charge in [0, 0.05) is 5.41 Å². The largest absolute Gasteiger partial charge is 0.392 e. The molecule has 1 fully saturated rings. The van der Waals surface area contributed by atoms with E-state index in [9.17, 15) is 5.11 Å². The second-order valence-electron chi connectivity index (χ2n) is 5.52. The summed E-state index contributed by atoms with van der Waals surface area (Å²) in [5.41, 5.74) is 1.12. The second kappa shape index (κ2) is 6.88. The van der Waals surface area contributed by atoms with Crippen molar-refractivity contribution in [2.75, 3.05) is 6.61 Å². The topological polar surface area (TPSA) is 29.5 Å². The van der Waals surface area contributed by atoms with Crippen molar-refractivity contribution in [2.45, 2.75) is 45.3 Å². The molecule has 0 amide bonds. The van der Waals surface area contributed by atoms with E-state index in [4.69, 9.17) is 4.74 Å². The number of rotatable bonds is 6. The van der Waals surface area contributed by atoms with Crippen molar-refractivity contribution in [3.05, 3.63) is 48.0 Å². The van der Waals surface area contributed by atoms with E-state index in [0.717, 1.165) is 25.7 Å². The van der Waals surface area contributed by atoms with Crippen LogP contribution in [0.1, 0.15) is 38.2 Å². The van der Waals surface area contributed by atoms with E-state index in [0.29, 0.717) is 13.2 Å². The summed E-state index contributed by atoms with van der Waals surface area (Å²) in [6.45, 7) is 3.30. The maximum atomic E-state index is 10.2. The molecule has 1 aromatic rings. The van der Waals surface area contributed by atoms with Crippen LogP contribution in [0.25, 0.3) is 0 Å². The van der Waals surface area contributed by atoms with E-state index in [1.165, 1.54) is 5.56 Å². The molecule has 2 atom stereocenters. The van der Waals surface area contributed by atoms with Crippen LogP contribution in [0.3, 0.4) is 0 Å². The van der Waals surface area contributed by atoms with E-state index < -0.39 is 0 Å². The van der Waals surface area contributed by atoms with Gasteiger partial charge in [0.2, 0.25) is 0 Å². The maximum absolute atomic E-state index is 10.2. The van der Waals surface area contributed by atoms with Gasteiger partial charge in [-0.25, -0.2) is 0 Å². The summed E-state index contributed by atoms with van der Waals surface area (Å²) in [6.07, 6.45) is 7.98. The van der Waals surface area contributed by atoms with Crippen LogP contribution >= 0.6 is 0 Å². The molecular weight excluding hydrogens is 236 g/mol. The fourth-order valence-electron chi connectivity index (χ4n) is 2.88. The number of ether oxygens (including phenoxy) is 1. The molecule has 1 aromatic carbocycles. The minimum atomic E-state index is -0.223. The third kappa shape index (κ3) is 3.68. The molecule has 0 heterocycles. The number of hydrogen-bond donors (Lipinski definition) is 1. The van der Waals surface area contributed by atoms with Crippen molar-refractivity contribution in [2.24, 2.45) is 5.41 Å². The van der Waals surface area contributed by atoms with Crippen molar-refractivity contribution in [3.8, 4) is 0 Å². The molecule has 2 nitrogen and oxygen atoms in total. The fraction of sp³-hybridized carbons (Fsp3) is 0.529. The van der Waals surface area contributed by atoms with E-state index in [-0.39, 0.29) is 11.5 Å². The van der Waals surface area contributed by atoms with Crippen molar-refractivity contribution < 1.29 is 9.84 Å². The highest BCUT2D eigenvalue weighted by Gasteiger charge is 2.41.